The fraction of sp³-hybridized carbons (Fsp3) is 0.0741. The van der Waals surface area contributed by atoms with Gasteiger partial charge in [-0.05, 0) is 47.5 Å². The van der Waals surface area contributed by atoms with Gasteiger partial charge in [-0.3, -0.25) is 19.9 Å². The van der Waals surface area contributed by atoms with E-state index in [9.17, 15) is 4.79 Å². The fourth-order valence-corrected chi connectivity index (χ4v) is 4.25. The second kappa shape index (κ2) is 8.49. The number of benzene rings is 1. The molecule has 0 atom stereocenters. The molecule has 0 fully saturated rings. The smallest absolute Gasteiger partial charge is 0.224 e. The van der Waals surface area contributed by atoms with E-state index in [0.717, 1.165) is 49.9 Å². The molecule has 0 bridgehead atoms. The summed E-state index contributed by atoms with van der Waals surface area (Å²) in [4.78, 5) is 28.3. The van der Waals surface area contributed by atoms with Crippen LogP contribution in [0, 0.1) is 0 Å². The van der Waals surface area contributed by atoms with Gasteiger partial charge in [0, 0.05) is 58.6 Å². The Bertz CT molecular complexity index is 1680. The lowest BCUT2D eigenvalue weighted by Crippen LogP contribution is -2.09. The zero-order chi connectivity index (χ0) is 23.8. The van der Waals surface area contributed by atoms with Gasteiger partial charge in [0.25, 0.3) is 0 Å². The average Bonchev–Trinajstić information content (AvgIpc) is 3.53. The highest BCUT2D eigenvalue weighted by atomic mass is 16.1. The van der Waals surface area contributed by atoms with Crippen LogP contribution in [0.25, 0.3) is 55.6 Å². The number of pyridine rings is 3. The van der Waals surface area contributed by atoms with E-state index in [4.69, 9.17) is 0 Å². The number of hydrogen-bond acceptors (Lipinski definition) is 5. The van der Waals surface area contributed by atoms with Crippen LogP contribution < -0.4 is 5.32 Å². The normalized spacial score (nSPS) is 11.2. The number of H-pyrrole nitrogens is 2. The third-order valence-corrected chi connectivity index (χ3v) is 6.01. The maximum absolute atomic E-state index is 11.8. The van der Waals surface area contributed by atoms with Crippen molar-refractivity contribution in [2.75, 3.05) is 5.32 Å². The van der Waals surface area contributed by atoms with Gasteiger partial charge < -0.3 is 10.3 Å². The number of nitrogens with one attached hydrogen (secondary N) is 3. The van der Waals surface area contributed by atoms with Gasteiger partial charge in [0.15, 0.2) is 5.65 Å². The molecule has 35 heavy (non-hydrogen) atoms. The number of amides is 1. The Morgan fingerprint density at radius 3 is 2.63 bits per heavy atom. The van der Waals surface area contributed by atoms with E-state index in [2.05, 4.69) is 53.6 Å². The summed E-state index contributed by atoms with van der Waals surface area (Å²) in [6.45, 7) is 1.81. The van der Waals surface area contributed by atoms with Crippen LogP contribution in [0.4, 0.5) is 5.69 Å². The third-order valence-electron chi connectivity index (χ3n) is 6.01. The van der Waals surface area contributed by atoms with Crippen molar-refractivity contribution in [3.8, 4) is 33.6 Å². The highest BCUT2D eigenvalue weighted by Crippen LogP contribution is 2.34. The molecular weight excluding hydrogens is 438 g/mol. The summed E-state index contributed by atoms with van der Waals surface area (Å²) in [6, 6.07) is 16.3. The number of anilines is 1. The number of aromatic nitrogens is 6. The molecule has 6 rings (SSSR count). The van der Waals surface area contributed by atoms with E-state index in [1.807, 2.05) is 37.3 Å². The molecule has 0 radical (unpaired) electrons. The van der Waals surface area contributed by atoms with Crippen LogP contribution in [0.3, 0.4) is 0 Å². The summed E-state index contributed by atoms with van der Waals surface area (Å²) >= 11 is 0. The SMILES string of the molecule is CCC(=O)Nc1cncc(-c2cnc3n[nH]c(-c4cc5c(-c6ccncc6)cccc5[nH]4)c3c2)c1. The number of carbonyl (C=O) groups is 1. The van der Waals surface area contributed by atoms with Crippen molar-refractivity contribution in [3.05, 3.63) is 79.5 Å². The Hall–Kier alpha value is -4.85. The van der Waals surface area contributed by atoms with E-state index in [0.29, 0.717) is 17.8 Å². The van der Waals surface area contributed by atoms with Crippen LogP contribution in [-0.2, 0) is 4.79 Å². The average molecular weight is 460 g/mol. The Morgan fingerprint density at radius 1 is 0.914 bits per heavy atom. The Labute approximate surface area is 200 Å². The molecule has 1 aromatic carbocycles. The molecule has 0 saturated heterocycles. The number of nitrogens with zero attached hydrogens (tertiary/aromatic N) is 4. The number of carbonyl (C=O) groups excluding carboxylic acids is 1. The van der Waals surface area contributed by atoms with E-state index < -0.39 is 0 Å². The second-order valence-electron chi connectivity index (χ2n) is 8.24. The van der Waals surface area contributed by atoms with Crippen molar-refractivity contribution >= 4 is 33.5 Å². The minimum Gasteiger partial charge on any atom is -0.353 e. The quantitative estimate of drug-likeness (QED) is 0.312. The van der Waals surface area contributed by atoms with Crippen LogP contribution in [-0.4, -0.2) is 36.0 Å². The molecule has 0 saturated carbocycles. The lowest BCUT2D eigenvalue weighted by Gasteiger charge is -2.06. The first-order valence-corrected chi connectivity index (χ1v) is 11.3. The van der Waals surface area contributed by atoms with E-state index in [1.54, 1.807) is 31.0 Å². The summed E-state index contributed by atoms with van der Waals surface area (Å²) < 4.78 is 0. The molecule has 5 heterocycles. The predicted octanol–water partition coefficient (Wildman–Crippen LogP) is 5.58. The van der Waals surface area contributed by atoms with Crippen LogP contribution in [0.15, 0.2) is 79.5 Å². The summed E-state index contributed by atoms with van der Waals surface area (Å²) in [6.07, 6.45) is 9.17. The lowest BCUT2D eigenvalue weighted by molar-refractivity contribution is -0.115. The van der Waals surface area contributed by atoms with Gasteiger partial charge in [0.05, 0.1) is 23.3 Å². The van der Waals surface area contributed by atoms with Gasteiger partial charge in [-0.25, -0.2) is 4.98 Å². The molecular formula is C27H21N7O. The fourth-order valence-electron chi connectivity index (χ4n) is 4.25. The summed E-state index contributed by atoms with van der Waals surface area (Å²) in [5.74, 6) is -0.0559. The maximum atomic E-state index is 11.8. The highest BCUT2D eigenvalue weighted by Gasteiger charge is 2.15. The maximum Gasteiger partial charge on any atom is 0.224 e. The molecule has 8 nitrogen and oxygen atoms in total. The van der Waals surface area contributed by atoms with Gasteiger partial charge in [-0.1, -0.05) is 19.1 Å². The monoisotopic (exact) mass is 459 g/mol. The summed E-state index contributed by atoms with van der Waals surface area (Å²) in [5.41, 5.74) is 8.07. The first-order chi connectivity index (χ1) is 17.2. The molecule has 0 aliphatic carbocycles. The highest BCUT2D eigenvalue weighted by molar-refractivity contribution is 6.01. The van der Waals surface area contributed by atoms with Crippen LogP contribution in [0.2, 0.25) is 0 Å². The van der Waals surface area contributed by atoms with Crippen LogP contribution in [0.1, 0.15) is 13.3 Å². The predicted molar refractivity (Wildman–Crippen MR) is 137 cm³/mol. The largest absolute Gasteiger partial charge is 0.353 e. The van der Waals surface area contributed by atoms with Crippen molar-refractivity contribution in [3.63, 3.8) is 0 Å². The molecule has 6 aromatic rings. The standard InChI is InChI=1S/C27H21N7O/c1-2-25(35)31-19-10-17(13-29-15-19)18-11-22-26(33-34-27(22)30-14-18)24-12-21-20(4-3-5-23(21)32-24)16-6-8-28-9-7-16/h3-15,32H,2H2,1H3,(H,31,35)(H,30,33,34). The molecule has 8 heteroatoms. The Kier molecular flexibility index (Phi) is 5.03. The number of fused-ring (bicyclic) bond motifs is 2. The minimum atomic E-state index is -0.0559. The van der Waals surface area contributed by atoms with Crippen molar-refractivity contribution in [2.24, 2.45) is 0 Å². The third kappa shape index (κ3) is 3.80. The van der Waals surface area contributed by atoms with Crippen molar-refractivity contribution < 1.29 is 4.79 Å². The van der Waals surface area contributed by atoms with E-state index >= 15 is 0 Å². The summed E-state index contributed by atoms with van der Waals surface area (Å²) in [7, 11) is 0. The molecule has 3 N–H and O–H groups in total. The van der Waals surface area contributed by atoms with Gasteiger partial charge >= 0.3 is 0 Å². The second-order valence-corrected chi connectivity index (χ2v) is 8.24. The lowest BCUT2D eigenvalue weighted by atomic mass is 10.0. The number of aromatic amines is 2. The minimum absolute atomic E-state index is 0.0559. The Balaban J connectivity index is 1.43. The molecule has 0 unspecified atom stereocenters. The van der Waals surface area contributed by atoms with Gasteiger partial charge in [-0.15, -0.1) is 0 Å². The van der Waals surface area contributed by atoms with Crippen LogP contribution >= 0.6 is 0 Å². The van der Waals surface area contributed by atoms with E-state index in [-0.39, 0.29) is 5.91 Å². The number of rotatable bonds is 5. The zero-order valence-corrected chi connectivity index (χ0v) is 18.9. The number of hydrogen-bond donors (Lipinski definition) is 3. The van der Waals surface area contributed by atoms with Gasteiger partial charge in [0.1, 0.15) is 0 Å². The topological polar surface area (TPSA) is 112 Å². The van der Waals surface area contributed by atoms with Crippen molar-refractivity contribution in [2.45, 2.75) is 13.3 Å². The van der Waals surface area contributed by atoms with Crippen molar-refractivity contribution in [1.82, 2.24) is 30.1 Å². The molecule has 0 spiro atoms. The summed E-state index contributed by atoms with van der Waals surface area (Å²) in [5, 5.41) is 12.4. The first-order valence-electron chi connectivity index (χ1n) is 11.3. The molecule has 0 aliphatic heterocycles. The van der Waals surface area contributed by atoms with Gasteiger partial charge in [0.2, 0.25) is 5.91 Å². The molecule has 0 aliphatic rings. The Morgan fingerprint density at radius 2 is 1.77 bits per heavy atom. The molecule has 1 amide bonds. The van der Waals surface area contributed by atoms with E-state index in [1.165, 1.54) is 0 Å². The molecule has 170 valence electrons. The first kappa shape index (κ1) is 20.7. The van der Waals surface area contributed by atoms with Gasteiger partial charge in [-0.2, -0.15) is 5.10 Å². The van der Waals surface area contributed by atoms with Crippen LogP contribution in [0.5, 0.6) is 0 Å². The van der Waals surface area contributed by atoms with Crippen molar-refractivity contribution in [1.29, 1.82) is 0 Å². The zero-order valence-electron chi connectivity index (χ0n) is 18.9. The molecule has 5 aromatic heterocycles.